The van der Waals surface area contributed by atoms with E-state index in [2.05, 4.69) is 4.18 Å². The molecule has 3 saturated carbocycles. The Balaban J connectivity index is 0.000000281. The van der Waals surface area contributed by atoms with Gasteiger partial charge < -0.3 is 9.84 Å². The Hall–Kier alpha value is -2.46. The number of rotatable bonds is 8. The SMILES string of the molecule is CCOC(=O)C1CCC(F)(F)CC1.[2H]C([2H])(O)C1CCC(F)(F)CC1.[2H]C([2H])(OS(=O)(=O)c1ccc([N+](=O)[O-])cc1)C1CCC(F)(F)CC1. The van der Waals surface area contributed by atoms with Crippen molar-refractivity contribution in [3.05, 3.63) is 34.4 Å². The standard InChI is InChI=1S/C13H15F2NO5S.C9H14F2O2.C7H12F2O/c14-13(15)7-5-10(6-8-13)9-21-22(19,20)12-3-1-11(2-4-12)16(17)18;1-2-13-8(12)7-3-5-9(10,11)6-4-7;8-7(9)3-1-6(5-10)2-4-7/h1-4,10H,5-9H2;7H,2-6H2,1H3;6,10H,1-5H2/i9D2;;5D2. The minimum Gasteiger partial charge on any atom is -0.466 e. The molecule has 0 radical (unpaired) electrons. The van der Waals surface area contributed by atoms with Crippen LogP contribution in [0.4, 0.5) is 32.0 Å². The van der Waals surface area contributed by atoms with Crippen molar-refractivity contribution in [2.45, 2.75) is 107 Å². The molecule has 3 aliphatic carbocycles. The molecular formula is C29H41F6NO8S. The molecule has 0 amide bonds. The van der Waals surface area contributed by atoms with E-state index in [-0.39, 0.29) is 81.8 Å². The fourth-order valence-corrected chi connectivity index (χ4v) is 5.61. The van der Waals surface area contributed by atoms with Gasteiger partial charge in [0.2, 0.25) is 17.8 Å². The molecule has 9 nitrogen and oxygen atoms in total. The van der Waals surface area contributed by atoms with Crippen LogP contribution in [0.5, 0.6) is 0 Å². The van der Waals surface area contributed by atoms with E-state index in [9.17, 15) is 49.7 Å². The van der Waals surface area contributed by atoms with Gasteiger partial charge in [-0.3, -0.25) is 19.1 Å². The van der Waals surface area contributed by atoms with Gasteiger partial charge in [-0.25, -0.2) is 26.3 Å². The number of aliphatic hydroxyl groups is 1. The van der Waals surface area contributed by atoms with Gasteiger partial charge in [0.05, 0.1) is 34.4 Å². The molecule has 0 bridgehead atoms. The zero-order chi connectivity index (χ0) is 37.5. The fourth-order valence-electron chi connectivity index (χ4n) is 4.78. The van der Waals surface area contributed by atoms with Gasteiger partial charge in [0.15, 0.2) is 0 Å². The number of halogens is 6. The molecule has 0 unspecified atom stereocenters. The lowest BCUT2D eigenvalue weighted by Crippen LogP contribution is -2.29. The molecule has 0 aliphatic heterocycles. The zero-order valence-electron chi connectivity index (χ0n) is 28.7. The molecule has 3 aliphatic rings. The first-order valence-corrected chi connectivity index (χ1v) is 15.9. The molecule has 258 valence electrons. The highest BCUT2D eigenvalue weighted by Crippen LogP contribution is 2.38. The second kappa shape index (κ2) is 16.9. The van der Waals surface area contributed by atoms with Crippen LogP contribution in [0.3, 0.4) is 0 Å². The van der Waals surface area contributed by atoms with Gasteiger partial charge in [-0.2, -0.15) is 8.42 Å². The quantitative estimate of drug-likeness (QED) is 0.0994. The molecule has 0 atom stereocenters. The minimum atomic E-state index is -4.52. The van der Waals surface area contributed by atoms with Gasteiger partial charge in [0.1, 0.15) is 0 Å². The highest BCUT2D eigenvalue weighted by atomic mass is 32.2. The Morgan fingerprint density at radius 1 is 0.889 bits per heavy atom. The molecule has 1 aromatic rings. The summed E-state index contributed by atoms with van der Waals surface area (Å²) in [6, 6.07) is 3.76. The number of esters is 1. The van der Waals surface area contributed by atoms with Crippen molar-refractivity contribution in [1.29, 1.82) is 0 Å². The minimum absolute atomic E-state index is 0.0660. The van der Waals surface area contributed by atoms with Crippen molar-refractivity contribution in [2.75, 3.05) is 19.7 Å². The summed E-state index contributed by atoms with van der Waals surface area (Å²) in [7, 11) is -4.52. The highest BCUT2D eigenvalue weighted by molar-refractivity contribution is 7.86. The lowest BCUT2D eigenvalue weighted by atomic mass is 9.87. The Labute approximate surface area is 264 Å². The number of nitro groups is 1. The second-order valence-electron chi connectivity index (χ2n) is 11.2. The van der Waals surface area contributed by atoms with E-state index >= 15 is 0 Å². The van der Waals surface area contributed by atoms with E-state index in [0.29, 0.717) is 6.61 Å². The third-order valence-corrected chi connectivity index (χ3v) is 8.78. The molecule has 4 rings (SSSR count). The van der Waals surface area contributed by atoms with E-state index < -0.39 is 75.5 Å². The lowest BCUT2D eigenvalue weighted by molar-refractivity contribution is -0.384. The van der Waals surface area contributed by atoms with Gasteiger partial charge in [-0.05, 0) is 69.4 Å². The molecule has 0 saturated heterocycles. The van der Waals surface area contributed by atoms with Gasteiger partial charge in [-0.1, -0.05) is 0 Å². The van der Waals surface area contributed by atoms with Gasteiger partial charge >= 0.3 is 5.97 Å². The van der Waals surface area contributed by atoms with Gasteiger partial charge in [0.25, 0.3) is 15.8 Å². The monoisotopic (exact) mass is 681 g/mol. The number of ether oxygens (including phenoxy) is 1. The van der Waals surface area contributed by atoms with Crippen molar-refractivity contribution < 1.29 is 64.0 Å². The van der Waals surface area contributed by atoms with Crippen molar-refractivity contribution in [1.82, 2.24) is 0 Å². The van der Waals surface area contributed by atoms with Gasteiger partial charge in [-0.15, -0.1) is 0 Å². The Morgan fingerprint density at radius 2 is 1.31 bits per heavy atom. The van der Waals surface area contributed by atoms with Crippen LogP contribution in [0.2, 0.25) is 0 Å². The molecule has 1 aromatic carbocycles. The number of nitrogens with zero attached hydrogens (tertiary/aromatic N) is 1. The van der Waals surface area contributed by atoms with E-state index in [4.69, 9.17) is 15.3 Å². The van der Waals surface area contributed by atoms with E-state index in [1.54, 1.807) is 6.92 Å². The fraction of sp³-hybridized carbons (Fsp3) is 0.759. The van der Waals surface area contributed by atoms with Crippen molar-refractivity contribution in [2.24, 2.45) is 17.8 Å². The lowest BCUT2D eigenvalue weighted by Gasteiger charge is -2.27. The molecule has 0 spiro atoms. The Kier molecular flexibility index (Phi) is 12.2. The molecule has 1 N–H and O–H groups in total. The Bertz CT molecular complexity index is 1340. The molecule has 45 heavy (non-hydrogen) atoms. The van der Waals surface area contributed by atoms with E-state index in [0.717, 1.165) is 24.3 Å². The first kappa shape index (κ1) is 32.5. The number of non-ortho nitro benzene ring substituents is 1. The van der Waals surface area contributed by atoms with Crippen LogP contribution in [-0.2, 0) is 23.8 Å². The summed E-state index contributed by atoms with van der Waals surface area (Å²) in [5, 5.41) is 19.5. The number of carbonyl (C=O) groups is 1. The maximum atomic E-state index is 13.1. The maximum absolute atomic E-state index is 13.1. The summed E-state index contributed by atoms with van der Waals surface area (Å²) >= 11 is 0. The number of benzene rings is 1. The smallest absolute Gasteiger partial charge is 0.308 e. The van der Waals surface area contributed by atoms with Crippen LogP contribution < -0.4 is 0 Å². The molecule has 3 fully saturated rings. The predicted octanol–water partition coefficient (Wildman–Crippen LogP) is 7.30. The van der Waals surface area contributed by atoms with Crippen LogP contribution in [-0.4, -0.2) is 61.9 Å². The number of alkyl halides is 6. The first-order valence-electron chi connectivity index (χ1n) is 16.5. The molecular weight excluding hydrogens is 636 g/mol. The summed E-state index contributed by atoms with van der Waals surface area (Å²) < 4.78 is 140. The number of hydrogen-bond donors (Lipinski definition) is 1. The number of hydrogen-bond acceptors (Lipinski definition) is 8. The first-order chi connectivity index (χ1) is 22.3. The summed E-state index contributed by atoms with van der Waals surface area (Å²) in [4.78, 5) is 20.5. The summed E-state index contributed by atoms with van der Waals surface area (Å²) in [6.45, 7) is -2.89. The third kappa shape index (κ3) is 13.8. The summed E-state index contributed by atoms with van der Waals surface area (Å²) in [5.41, 5.74) is -0.327. The zero-order valence-corrected chi connectivity index (χ0v) is 25.5. The molecule has 0 aromatic heterocycles. The van der Waals surface area contributed by atoms with Crippen molar-refractivity contribution in [3.63, 3.8) is 0 Å². The van der Waals surface area contributed by atoms with Crippen LogP contribution in [0.25, 0.3) is 0 Å². The van der Waals surface area contributed by atoms with E-state index in [1.165, 1.54) is 0 Å². The average molecular weight is 682 g/mol. The van der Waals surface area contributed by atoms with E-state index in [1.807, 2.05) is 0 Å². The topological polar surface area (TPSA) is 133 Å². The molecule has 16 heteroatoms. The largest absolute Gasteiger partial charge is 0.466 e. The summed E-state index contributed by atoms with van der Waals surface area (Å²) in [6.07, 6.45) is -1.80. The normalized spacial score (nSPS) is 23.7. The second-order valence-corrected chi connectivity index (χ2v) is 12.7. The van der Waals surface area contributed by atoms with Crippen LogP contribution in [0.15, 0.2) is 29.2 Å². The third-order valence-electron chi connectivity index (χ3n) is 7.61. The van der Waals surface area contributed by atoms with Crippen molar-refractivity contribution in [3.8, 4) is 0 Å². The van der Waals surface area contributed by atoms with Crippen LogP contribution >= 0.6 is 0 Å². The Morgan fingerprint density at radius 3 is 1.71 bits per heavy atom. The maximum Gasteiger partial charge on any atom is 0.308 e. The van der Waals surface area contributed by atoms with Crippen LogP contribution in [0.1, 0.15) is 89.5 Å². The predicted molar refractivity (Wildman–Crippen MR) is 151 cm³/mol. The number of carbonyl (C=O) groups excluding carboxylic acids is 1. The summed E-state index contributed by atoms with van der Waals surface area (Å²) in [5.74, 6) is -10.3. The van der Waals surface area contributed by atoms with Gasteiger partial charge in [0, 0.05) is 57.2 Å². The van der Waals surface area contributed by atoms with Crippen LogP contribution in [0, 0.1) is 27.9 Å². The number of nitro benzene ring substituents is 1. The average Bonchev–Trinajstić information content (AvgIpc) is 2.96. The molecule has 0 heterocycles. The van der Waals surface area contributed by atoms with Crippen molar-refractivity contribution >= 4 is 21.8 Å². The highest BCUT2D eigenvalue weighted by Gasteiger charge is 2.38.